The molecule has 0 radical (unpaired) electrons. The van der Waals surface area contributed by atoms with Crippen molar-refractivity contribution in [3.63, 3.8) is 0 Å². The number of aldehydes is 1. The van der Waals surface area contributed by atoms with E-state index >= 15 is 0 Å². The fraction of sp³-hybridized carbons (Fsp3) is 0.203. The van der Waals surface area contributed by atoms with Gasteiger partial charge in [-0.2, -0.15) is 0 Å². The summed E-state index contributed by atoms with van der Waals surface area (Å²) in [6.45, 7) is 26.4. The van der Waals surface area contributed by atoms with Crippen molar-refractivity contribution in [3.8, 4) is 11.5 Å². The van der Waals surface area contributed by atoms with E-state index in [0.717, 1.165) is 75.6 Å². The molecule has 7 heteroatoms. The minimum atomic E-state index is 0. The average Bonchev–Trinajstić information content (AvgIpc) is 4.24. The predicted octanol–water partition coefficient (Wildman–Crippen LogP) is 16.4. The van der Waals surface area contributed by atoms with Crippen LogP contribution in [0.3, 0.4) is 0 Å². The van der Waals surface area contributed by atoms with Crippen molar-refractivity contribution in [3.05, 3.63) is 268 Å². The van der Waals surface area contributed by atoms with Crippen molar-refractivity contribution < 1.29 is 14.3 Å². The third-order valence-electron chi connectivity index (χ3n) is 14.1. The van der Waals surface area contributed by atoms with Crippen LogP contribution >= 0.6 is 0 Å². The fourth-order valence-corrected chi connectivity index (χ4v) is 9.79. The second-order valence-electron chi connectivity index (χ2n) is 18.8. The summed E-state index contributed by atoms with van der Waals surface area (Å²) >= 11 is 0. The largest absolute Gasteiger partial charge is 0.496 e. The first kappa shape index (κ1) is 55.2. The molecule has 0 saturated carbocycles. The number of anilines is 4. The number of ether oxygens (including phenoxy) is 2. The zero-order chi connectivity index (χ0) is 52.5. The van der Waals surface area contributed by atoms with E-state index in [2.05, 4.69) is 206 Å². The van der Waals surface area contributed by atoms with Gasteiger partial charge in [-0.15, -0.1) is 0 Å². The number of fused-ring (bicyclic) bond motifs is 3. The van der Waals surface area contributed by atoms with Gasteiger partial charge in [0.2, 0.25) is 0 Å². The van der Waals surface area contributed by atoms with Crippen LogP contribution in [0.15, 0.2) is 202 Å². The van der Waals surface area contributed by atoms with E-state index in [9.17, 15) is 4.79 Å². The van der Waals surface area contributed by atoms with Gasteiger partial charge in [-0.1, -0.05) is 167 Å². The minimum Gasteiger partial charge on any atom is -0.496 e. The highest BCUT2D eigenvalue weighted by molar-refractivity contribution is 5.81. The summed E-state index contributed by atoms with van der Waals surface area (Å²) in [6, 6.07) is 63.2. The Bertz CT molecular complexity index is 3120. The number of hydrogen-bond donors (Lipinski definition) is 0. The molecule has 0 N–H and O–H groups in total. The van der Waals surface area contributed by atoms with Gasteiger partial charge in [0.05, 0.1) is 12.7 Å². The Morgan fingerprint density at radius 1 is 0.487 bits per heavy atom. The van der Waals surface area contributed by atoms with Crippen LogP contribution < -0.4 is 29.1 Å². The number of hydrogen-bond acceptors (Lipinski definition) is 7. The van der Waals surface area contributed by atoms with Crippen LogP contribution in [0.25, 0.3) is 18.2 Å². The summed E-state index contributed by atoms with van der Waals surface area (Å²) in [5, 5.41) is 0. The number of rotatable bonds is 14. The molecule has 0 fully saturated rings. The molecule has 7 nitrogen and oxygen atoms in total. The molecule has 0 bridgehead atoms. The van der Waals surface area contributed by atoms with Crippen molar-refractivity contribution in [2.24, 2.45) is 0 Å². The van der Waals surface area contributed by atoms with Gasteiger partial charge in [0.15, 0.2) is 6.29 Å². The summed E-state index contributed by atoms with van der Waals surface area (Å²) in [5.41, 5.74) is 19.8. The van der Waals surface area contributed by atoms with E-state index in [1.807, 2.05) is 54.6 Å². The molecule has 0 saturated heterocycles. The van der Waals surface area contributed by atoms with Crippen LogP contribution in [-0.2, 0) is 45.9 Å². The van der Waals surface area contributed by atoms with E-state index in [4.69, 9.17) is 9.47 Å². The van der Waals surface area contributed by atoms with Crippen molar-refractivity contribution in [2.75, 3.05) is 39.8 Å². The van der Waals surface area contributed by atoms with E-state index in [-0.39, 0.29) is 7.43 Å². The van der Waals surface area contributed by atoms with E-state index in [1.54, 1.807) is 7.11 Å². The van der Waals surface area contributed by atoms with Gasteiger partial charge in [-0.05, 0) is 125 Å². The van der Waals surface area contributed by atoms with Gasteiger partial charge in [0.1, 0.15) is 18.1 Å². The number of benzene rings is 8. The van der Waals surface area contributed by atoms with Crippen molar-refractivity contribution in [1.82, 2.24) is 0 Å². The summed E-state index contributed by atoms with van der Waals surface area (Å²) in [4.78, 5) is 20.3. The molecule has 0 unspecified atom stereocenters. The van der Waals surface area contributed by atoms with Crippen LogP contribution in [0.1, 0.15) is 92.8 Å². The number of nitrogens with zero attached hydrogens (tertiary/aromatic N) is 4. The lowest BCUT2D eigenvalue weighted by Gasteiger charge is -2.22. The Kier molecular flexibility index (Phi) is 19.7. The highest BCUT2D eigenvalue weighted by atomic mass is 16.5. The smallest absolute Gasteiger partial charge is 0.153 e. The molecule has 0 amide bonds. The molecule has 11 rings (SSSR count). The van der Waals surface area contributed by atoms with Gasteiger partial charge >= 0.3 is 0 Å². The second kappa shape index (κ2) is 27.1. The molecule has 388 valence electrons. The van der Waals surface area contributed by atoms with Crippen molar-refractivity contribution >= 4 is 47.3 Å². The summed E-state index contributed by atoms with van der Waals surface area (Å²) in [5.74, 6) is 1.52. The molecule has 8 aromatic carbocycles. The second-order valence-corrected chi connectivity index (χ2v) is 18.8. The molecule has 0 atom stereocenters. The topological polar surface area (TPSA) is 48.5 Å². The molecule has 0 aromatic heterocycles. The molecular weight excluding hydrogens is 933 g/mol. The van der Waals surface area contributed by atoms with Crippen LogP contribution in [0.4, 0.5) is 22.7 Å². The third kappa shape index (κ3) is 13.8. The maximum Gasteiger partial charge on any atom is 0.153 e. The van der Waals surface area contributed by atoms with Gasteiger partial charge in [-0.3, -0.25) is 4.79 Å². The lowest BCUT2D eigenvalue weighted by molar-refractivity contribution is 0.112. The van der Waals surface area contributed by atoms with E-state index in [0.29, 0.717) is 17.9 Å². The Hall–Kier alpha value is -8.55. The van der Waals surface area contributed by atoms with Crippen LogP contribution in [0, 0.1) is 6.92 Å². The molecule has 8 aromatic rings. The number of aryl methyl sites for hydroxylation is 1. The van der Waals surface area contributed by atoms with E-state index in [1.165, 1.54) is 72.7 Å². The maximum atomic E-state index is 10.9. The van der Waals surface area contributed by atoms with Crippen LogP contribution in [0.5, 0.6) is 11.5 Å². The van der Waals surface area contributed by atoms with E-state index < -0.39 is 0 Å². The zero-order valence-corrected chi connectivity index (χ0v) is 44.1. The number of carbonyl (C=O) groups is 1. The Labute approximate surface area is 453 Å². The molecule has 0 aliphatic carbocycles. The summed E-state index contributed by atoms with van der Waals surface area (Å²) in [7, 11) is 1.59. The Morgan fingerprint density at radius 3 is 1.36 bits per heavy atom. The van der Waals surface area contributed by atoms with Gasteiger partial charge in [-0.25, -0.2) is 0 Å². The zero-order valence-electron chi connectivity index (χ0n) is 44.1. The van der Waals surface area contributed by atoms with Crippen molar-refractivity contribution in [2.45, 2.75) is 74.1 Å². The van der Waals surface area contributed by atoms with Crippen LogP contribution in [-0.4, -0.2) is 26.5 Å². The first-order valence-electron chi connectivity index (χ1n) is 26.0. The Morgan fingerprint density at radius 2 is 0.921 bits per heavy atom. The highest BCUT2D eigenvalue weighted by Crippen LogP contribution is 2.33. The molecule has 3 aliphatic heterocycles. The predicted molar refractivity (Wildman–Crippen MR) is 323 cm³/mol. The monoisotopic (exact) mass is 1010 g/mol. The SMILES string of the molecule is C.C=Cc1ccc(N(CC)CC)cc1OCc1ccccc1.C=Cc1ccc(N2Cc3ccccc3C2)cc1.C=Cc1ccc(N2Cc3ccccc3C2)cc1C.COc1cc(N2Cc3ccccc3C2)ccc1C=O. The van der Waals surface area contributed by atoms with Gasteiger partial charge in [0.25, 0.3) is 0 Å². The molecular formula is C69H74N4O3. The first-order chi connectivity index (χ1) is 36.7. The maximum absolute atomic E-state index is 10.9. The van der Waals surface area contributed by atoms with Gasteiger partial charge < -0.3 is 29.1 Å². The standard InChI is InChI=1S/C19H23NO.C17H17N.C16H15NO2.C16H15N.CH4/c1-4-17-12-13-18(20(5-2)6-3)14-19(17)21-15-16-10-8-7-9-11-16;1-3-14-8-9-17(10-13(14)2)18-11-15-6-4-5-7-16(15)12-18;1-19-16-8-15(7-6-14(16)11-18)17-9-12-4-2-3-5-13(12)10-17;1-2-13-7-9-16(10-8-13)17-11-14-5-3-4-6-15(14)12-17;/h4,7-14H,1,5-6,15H2,2-3H3;3-10H,1,11-12H2,2H3;2-8,11H,9-10H2,1H3;2-10H,1,11-12H2;1H4. The molecule has 3 aliphatic rings. The summed E-state index contributed by atoms with van der Waals surface area (Å²) < 4.78 is 11.3. The number of methoxy groups -OCH3 is 1. The third-order valence-corrected chi connectivity index (χ3v) is 14.1. The molecule has 0 spiro atoms. The lowest BCUT2D eigenvalue weighted by Crippen LogP contribution is -2.21. The average molecular weight is 1010 g/mol. The van der Waals surface area contributed by atoms with Gasteiger partial charge in [0, 0.05) is 92.8 Å². The minimum absolute atomic E-state index is 0. The molecule has 3 heterocycles. The number of carbonyl (C=O) groups excluding carboxylic acids is 1. The highest BCUT2D eigenvalue weighted by Gasteiger charge is 2.21. The molecule has 76 heavy (non-hydrogen) atoms. The van der Waals surface area contributed by atoms with Crippen LogP contribution in [0.2, 0.25) is 0 Å². The summed E-state index contributed by atoms with van der Waals surface area (Å²) in [6.07, 6.45) is 6.45. The lowest BCUT2D eigenvalue weighted by atomic mass is 10.1. The van der Waals surface area contributed by atoms with Crippen molar-refractivity contribution in [1.29, 1.82) is 0 Å². The normalized spacial score (nSPS) is 12.3. The first-order valence-corrected chi connectivity index (χ1v) is 26.0. The Balaban J connectivity index is 0.000000147. The fourth-order valence-electron chi connectivity index (χ4n) is 9.79. The quantitative estimate of drug-likeness (QED) is 0.101.